The zero-order chi connectivity index (χ0) is 18.7. The average Bonchev–Trinajstić information content (AvgIpc) is 2.46. The van der Waals surface area contributed by atoms with Crippen LogP contribution in [0.2, 0.25) is 0 Å². The molecule has 1 atom stereocenters. The number of carbonyl (C=O) groups excluding carboxylic acids is 2. The summed E-state index contributed by atoms with van der Waals surface area (Å²) in [6.45, 7) is 5.71. The predicted molar refractivity (Wildman–Crippen MR) is 81.3 cm³/mol. The Morgan fingerprint density at radius 3 is 2.21 bits per heavy atom. The van der Waals surface area contributed by atoms with Crippen LogP contribution in [0, 0.1) is 0 Å². The number of benzene rings is 1. The first-order chi connectivity index (χ1) is 10.9. The van der Waals surface area contributed by atoms with E-state index in [0.717, 1.165) is 0 Å². The first-order valence-electron chi connectivity index (χ1n) is 6.69. The van der Waals surface area contributed by atoms with Crippen LogP contribution in [0.3, 0.4) is 0 Å². The van der Waals surface area contributed by atoms with E-state index in [0.29, 0.717) is 18.1 Å². The molecule has 0 aliphatic heterocycles. The molecule has 24 heavy (non-hydrogen) atoms. The van der Waals surface area contributed by atoms with Crippen LogP contribution in [0.5, 0.6) is 0 Å². The Kier molecular flexibility index (Phi) is 5.96. The van der Waals surface area contributed by atoms with Gasteiger partial charge in [0.2, 0.25) is 0 Å². The zero-order valence-corrected chi connectivity index (χ0v) is 13.8. The van der Waals surface area contributed by atoms with Gasteiger partial charge < -0.3 is 4.74 Å². The van der Waals surface area contributed by atoms with Gasteiger partial charge in [0.05, 0.1) is 5.56 Å². The van der Waals surface area contributed by atoms with Gasteiger partial charge in [0.1, 0.15) is 0 Å². The minimum atomic E-state index is -5.71. The molecule has 6 nitrogen and oxygen atoms in total. The van der Waals surface area contributed by atoms with Crippen LogP contribution < -0.4 is 0 Å². The number of ketones is 1. The molecule has 1 aromatic carbocycles. The first kappa shape index (κ1) is 19.9. The highest BCUT2D eigenvalue weighted by Crippen LogP contribution is 2.27. The number of hydrogen-bond donors (Lipinski definition) is 1. The number of allylic oxidation sites excluding steroid dienone is 1. The van der Waals surface area contributed by atoms with Gasteiger partial charge >= 0.3 is 21.3 Å². The van der Waals surface area contributed by atoms with Crippen LogP contribution in [0.15, 0.2) is 36.4 Å². The summed E-state index contributed by atoms with van der Waals surface area (Å²) in [5.74, 6) is -1.38. The molecule has 1 unspecified atom stereocenters. The van der Waals surface area contributed by atoms with E-state index in [2.05, 4.69) is 11.3 Å². The van der Waals surface area contributed by atoms with Crippen LogP contribution in [-0.4, -0.2) is 36.1 Å². The topological polar surface area (TPSA) is 97.7 Å². The lowest BCUT2D eigenvalue weighted by Crippen LogP contribution is -2.42. The van der Waals surface area contributed by atoms with E-state index in [4.69, 9.17) is 4.55 Å². The van der Waals surface area contributed by atoms with Crippen molar-refractivity contribution < 1.29 is 36.1 Å². The smallest absolute Gasteiger partial charge is 0.405 e. The highest BCUT2D eigenvalue weighted by Gasteiger charge is 2.52. The molecule has 9 heteroatoms. The Labute approximate surface area is 137 Å². The van der Waals surface area contributed by atoms with Crippen LogP contribution in [0.25, 0.3) is 0 Å². The highest BCUT2D eigenvalue weighted by atomic mass is 32.2. The molecular weight excluding hydrogens is 346 g/mol. The van der Waals surface area contributed by atoms with Gasteiger partial charge in [0, 0.05) is 6.42 Å². The third kappa shape index (κ3) is 4.68. The van der Waals surface area contributed by atoms with Crippen LogP contribution in [-0.2, 0) is 26.1 Å². The normalized spacial score (nSPS) is 13.2. The van der Waals surface area contributed by atoms with E-state index < -0.39 is 27.4 Å². The maximum absolute atomic E-state index is 13.3. The second-order valence-corrected chi connectivity index (χ2v) is 6.66. The molecule has 0 spiro atoms. The van der Waals surface area contributed by atoms with E-state index in [1.807, 2.05) is 0 Å². The number of rotatable bonds is 7. The van der Waals surface area contributed by atoms with Crippen molar-refractivity contribution in [2.75, 3.05) is 0 Å². The second-order valence-electron chi connectivity index (χ2n) is 5.16. The number of hydrogen-bond acceptors (Lipinski definition) is 5. The number of carbonyl (C=O) groups is 2. The number of Topliss-reactive ketones (excluding diaryl/α,β-unsaturated/α-hetero) is 1. The molecule has 0 fully saturated rings. The molecule has 0 radical (unpaired) electrons. The largest absolute Gasteiger partial charge is 0.451 e. The summed E-state index contributed by atoms with van der Waals surface area (Å²) in [4.78, 5) is 23.3. The quantitative estimate of drug-likeness (QED) is 0.454. The minimum Gasteiger partial charge on any atom is -0.451 e. The number of ether oxygens (including phenoxy) is 1. The van der Waals surface area contributed by atoms with Crippen LogP contribution >= 0.6 is 0 Å². The Balaban J connectivity index is 2.83. The molecular formula is C15H16F2O6S. The van der Waals surface area contributed by atoms with Crippen molar-refractivity contribution in [1.82, 2.24) is 0 Å². The van der Waals surface area contributed by atoms with Gasteiger partial charge in [-0.2, -0.15) is 17.2 Å². The Bertz CT molecular complexity index is 753. The summed E-state index contributed by atoms with van der Waals surface area (Å²) in [6.07, 6.45) is -2.31. The Hall–Kier alpha value is -2.13. The van der Waals surface area contributed by atoms with Gasteiger partial charge in [-0.05, 0) is 37.1 Å². The summed E-state index contributed by atoms with van der Waals surface area (Å²) >= 11 is 0. The van der Waals surface area contributed by atoms with Crippen molar-refractivity contribution in [3.05, 3.63) is 47.5 Å². The molecule has 132 valence electrons. The number of esters is 1. The van der Waals surface area contributed by atoms with Gasteiger partial charge in [-0.1, -0.05) is 18.7 Å². The fraction of sp³-hybridized carbons (Fsp3) is 0.333. The molecule has 0 aromatic heterocycles. The fourth-order valence-electron chi connectivity index (χ4n) is 1.60. The molecule has 0 aliphatic rings. The van der Waals surface area contributed by atoms with Gasteiger partial charge in [-0.25, -0.2) is 4.79 Å². The van der Waals surface area contributed by atoms with Gasteiger partial charge in [0.25, 0.3) is 0 Å². The summed E-state index contributed by atoms with van der Waals surface area (Å²) < 4.78 is 60.7. The van der Waals surface area contributed by atoms with E-state index in [9.17, 15) is 26.8 Å². The zero-order valence-electron chi connectivity index (χ0n) is 13.0. The van der Waals surface area contributed by atoms with Crippen molar-refractivity contribution >= 4 is 21.9 Å². The van der Waals surface area contributed by atoms with Crippen LogP contribution in [0.1, 0.15) is 29.8 Å². The second kappa shape index (κ2) is 7.18. The van der Waals surface area contributed by atoms with Crippen molar-refractivity contribution in [2.45, 2.75) is 31.6 Å². The number of alkyl halides is 2. The van der Waals surface area contributed by atoms with Gasteiger partial charge in [-0.15, -0.1) is 0 Å². The number of halogens is 2. The van der Waals surface area contributed by atoms with Crippen molar-refractivity contribution in [2.24, 2.45) is 0 Å². The fourth-order valence-corrected chi connectivity index (χ4v) is 2.07. The third-order valence-corrected chi connectivity index (χ3v) is 4.15. The Morgan fingerprint density at radius 1 is 1.29 bits per heavy atom. The molecule has 0 bridgehead atoms. The SMILES string of the molecule is C=C(C)C(=O)Cc1ccc(C(=O)OC(C)C(F)(F)S(=O)(=O)O)cc1. The van der Waals surface area contributed by atoms with Gasteiger partial charge in [0.15, 0.2) is 11.9 Å². The summed E-state index contributed by atoms with van der Waals surface area (Å²) in [6, 6.07) is 5.37. The molecule has 1 N–H and O–H groups in total. The standard InChI is InChI=1S/C15H16F2O6S/c1-9(2)13(18)8-11-4-6-12(7-5-11)14(19)23-10(3)15(16,17)24(20,21)22/h4-7,10H,1,8H2,2-3H3,(H,20,21,22). The first-order valence-corrected chi connectivity index (χ1v) is 8.13. The van der Waals surface area contributed by atoms with E-state index in [1.165, 1.54) is 24.3 Å². The van der Waals surface area contributed by atoms with Crippen molar-refractivity contribution in [3.63, 3.8) is 0 Å². The molecule has 1 aromatic rings. The van der Waals surface area contributed by atoms with Crippen molar-refractivity contribution in [3.8, 4) is 0 Å². The third-order valence-electron chi connectivity index (χ3n) is 3.13. The maximum Gasteiger partial charge on any atom is 0.405 e. The lowest BCUT2D eigenvalue weighted by atomic mass is 10.0. The molecule has 0 saturated carbocycles. The predicted octanol–water partition coefficient (Wildman–Crippen LogP) is 2.40. The highest BCUT2D eigenvalue weighted by molar-refractivity contribution is 7.86. The monoisotopic (exact) mass is 362 g/mol. The summed E-state index contributed by atoms with van der Waals surface area (Å²) in [5, 5.41) is -4.63. The molecule has 0 aliphatic carbocycles. The van der Waals surface area contributed by atoms with E-state index in [-0.39, 0.29) is 17.8 Å². The van der Waals surface area contributed by atoms with Crippen LogP contribution in [0.4, 0.5) is 8.78 Å². The molecule has 1 rings (SSSR count). The van der Waals surface area contributed by atoms with E-state index in [1.54, 1.807) is 6.92 Å². The van der Waals surface area contributed by atoms with E-state index >= 15 is 0 Å². The lowest BCUT2D eigenvalue weighted by molar-refractivity contribution is -0.114. The summed E-state index contributed by atoms with van der Waals surface area (Å²) in [7, 11) is -5.71. The molecule has 0 saturated heterocycles. The maximum atomic E-state index is 13.3. The van der Waals surface area contributed by atoms with Gasteiger partial charge in [-0.3, -0.25) is 9.35 Å². The summed E-state index contributed by atoms with van der Waals surface area (Å²) in [5.41, 5.74) is 0.843. The van der Waals surface area contributed by atoms with Crippen molar-refractivity contribution in [1.29, 1.82) is 0 Å². The molecule has 0 heterocycles. The minimum absolute atomic E-state index is 0.0713. The average molecular weight is 362 g/mol. The lowest BCUT2D eigenvalue weighted by Gasteiger charge is -2.20. The Morgan fingerprint density at radius 2 is 1.79 bits per heavy atom. The molecule has 0 amide bonds.